The molecular formula is C26H35NO5S. The Hall–Kier alpha value is -1.89. The van der Waals surface area contributed by atoms with E-state index in [0.717, 1.165) is 32.1 Å². The smallest absolute Gasteiger partial charge is 0.312 e. The van der Waals surface area contributed by atoms with Crippen molar-refractivity contribution in [1.29, 1.82) is 0 Å². The third kappa shape index (κ3) is 4.11. The van der Waals surface area contributed by atoms with Gasteiger partial charge in [-0.2, -0.15) is 0 Å². The molecule has 4 bridgehead atoms. The monoisotopic (exact) mass is 473 g/mol. The average molecular weight is 474 g/mol. The minimum atomic E-state index is -3.08. The number of hydrogen-bond acceptors (Lipinski definition) is 5. The first kappa shape index (κ1) is 22.9. The fourth-order valence-electron chi connectivity index (χ4n) is 7.77. The summed E-state index contributed by atoms with van der Waals surface area (Å²) in [6, 6.07) is 8.50. The third-order valence-electron chi connectivity index (χ3n) is 8.79. The van der Waals surface area contributed by atoms with Crippen molar-refractivity contribution < 1.29 is 22.7 Å². The zero-order chi connectivity index (χ0) is 23.4. The largest absolute Gasteiger partial charge is 0.455 e. The van der Waals surface area contributed by atoms with Crippen molar-refractivity contribution in [2.24, 2.45) is 17.3 Å². The van der Waals surface area contributed by atoms with Crippen LogP contribution < -0.4 is 0 Å². The van der Waals surface area contributed by atoms with Gasteiger partial charge in [-0.05, 0) is 81.6 Å². The molecule has 5 atom stereocenters. The van der Waals surface area contributed by atoms with Gasteiger partial charge in [0.1, 0.15) is 0 Å². The average Bonchev–Trinajstić information content (AvgIpc) is 3.11. The zero-order valence-electron chi connectivity index (χ0n) is 19.7. The summed E-state index contributed by atoms with van der Waals surface area (Å²) in [7, 11) is -3.08. The van der Waals surface area contributed by atoms with E-state index in [9.17, 15) is 18.0 Å². The number of rotatable bonds is 6. The van der Waals surface area contributed by atoms with Gasteiger partial charge in [-0.3, -0.25) is 9.59 Å². The zero-order valence-corrected chi connectivity index (χ0v) is 20.5. The number of sulfone groups is 1. The molecule has 6 nitrogen and oxygen atoms in total. The highest BCUT2D eigenvalue weighted by molar-refractivity contribution is 7.91. The Morgan fingerprint density at radius 3 is 2.33 bits per heavy atom. The number of aryl methyl sites for hydroxylation is 1. The second-order valence-corrected chi connectivity index (χ2v) is 13.4. The van der Waals surface area contributed by atoms with Gasteiger partial charge in [0.25, 0.3) is 5.91 Å². The molecule has 4 saturated carbocycles. The Bertz CT molecular complexity index is 1030. The maximum atomic E-state index is 13.5. The topological polar surface area (TPSA) is 80.8 Å². The van der Waals surface area contributed by atoms with E-state index in [1.807, 2.05) is 6.92 Å². The van der Waals surface area contributed by atoms with Gasteiger partial charge in [-0.1, -0.05) is 29.8 Å². The molecule has 2 unspecified atom stereocenters. The molecule has 1 aromatic rings. The highest BCUT2D eigenvalue weighted by atomic mass is 32.2. The molecule has 0 aromatic heterocycles. The summed E-state index contributed by atoms with van der Waals surface area (Å²) in [5, 5.41) is 0. The van der Waals surface area contributed by atoms with Crippen LogP contribution in [0.2, 0.25) is 0 Å². The molecule has 7 heteroatoms. The molecular weight excluding hydrogens is 438 g/mol. The maximum absolute atomic E-state index is 13.5. The maximum Gasteiger partial charge on any atom is 0.312 e. The normalized spacial score (nSPS) is 36.0. The number of ether oxygens (including phenoxy) is 1. The van der Waals surface area contributed by atoms with Crippen LogP contribution in [0, 0.1) is 24.2 Å². The number of benzene rings is 1. The summed E-state index contributed by atoms with van der Waals surface area (Å²) in [5.41, 5.74) is 2.12. The van der Waals surface area contributed by atoms with Gasteiger partial charge >= 0.3 is 5.97 Å². The molecule has 1 amide bonds. The molecule has 1 aromatic carbocycles. The molecule has 0 radical (unpaired) electrons. The van der Waals surface area contributed by atoms with Crippen molar-refractivity contribution in [1.82, 2.24) is 4.90 Å². The Morgan fingerprint density at radius 1 is 1.09 bits per heavy atom. The Morgan fingerprint density at radius 2 is 1.76 bits per heavy atom. The molecule has 0 N–H and O–H groups in total. The summed E-state index contributed by atoms with van der Waals surface area (Å²) in [4.78, 5) is 27.9. The number of carbonyl (C=O) groups is 2. The quantitative estimate of drug-likeness (QED) is 0.592. The Balaban J connectivity index is 1.29. The second-order valence-electron chi connectivity index (χ2n) is 11.2. The molecule has 5 aliphatic rings. The van der Waals surface area contributed by atoms with E-state index in [2.05, 4.69) is 31.2 Å². The van der Waals surface area contributed by atoms with Crippen molar-refractivity contribution in [3.63, 3.8) is 0 Å². The summed E-state index contributed by atoms with van der Waals surface area (Å²) >= 11 is 0. The van der Waals surface area contributed by atoms with Crippen molar-refractivity contribution in [2.45, 2.75) is 70.3 Å². The van der Waals surface area contributed by atoms with E-state index in [1.165, 1.54) is 17.5 Å². The predicted octanol–water partition coefficient (Wildman–Crippen LogP) is 3.41. The van der Waals surface area contributed by atoms with E-state index in [0.29, 0.717) is 24.8 Å². The number of likely N-dealkylation sites (N-methyl/N-ethyl adjacent to an activating group) is 1. The number of amides is 1. The lowest BCUT2D eigenvalue weighted by Crippen LogP contribution is -2.57. The fraction of sp³-hybridized carbons (Fsp3) is 0.692. The van der Waals surface area contributed by atoms with Crippen molar-refractivity contribution in [3.05, 3.63) is 35.4 Å². The molecule has 1 aliphatic heterocycles. The van der Waals surface area contributed by atoms with Crippen molar-refractivity contribution >= 4 is 21.7 Å². The molecule has 1 saturated heterocycles. The van der Waals surface area contributed by atoms with E-state index in [1.54, 1.807) is 4.90 Å². The van der Waals surface area contributed by atoms with E-state index in [-0.39, 0.29) is 41.4 Å². The van der Waals surface area contributed by atoms with Gasteiger partial charge in [0.15, 0.2) is 16.4 Å². The van der Waals surface area contributed by atoms with Crippen LogP contribution in [0.15, 0.2) is 24.3 Å². The van der Waals surface area contributed by atoms with Crippen LogP contribution in [-0.4, -0.2) is 55.9 Å². The Kier molecular flexibility index (Phi) is 5.62. The van der Waals surface area contributed by atoms with Gasteiger partial charge in [0.2, 0.25) is 0 Å². The van der Waals surface area contributed by atoms with Crippen LogP contribution in [0.1, 0.15) is 63.0 Å². The molecule has 33 heavy (non-hydrogen) atoms. The van der Waals surface area contributed by atoms with Crippen LogP contribution >= 0.6 is 0 Å². The van der Waals surface area contributed by atoms with E-state index >= 15 is 0 Å². The second kappa shape index (κ2) is 8.10. The summed E-state index contributed by atoms with van der Waals surface area (Å²) in [6.45, 7) is 4.06. The third-order valence-corrected chi connectivity index (χ3v) is 10.5. The van der Waals surface area contributed by atoms with Crippen LogP contribution in [0.4, 0.5) is 0 Å². The SMILES string of the molecule is CCN(C(=O)COC(=O)C12C[C@H]3C[C@@H](C1)CC(c1ccc(C)cc1)(C3)C2)[C@H]1CCS(=O)(=O)C1. The lowest BCUT2D eigenvalue weighted by Gasteiger charge is -2.61. The highest BCUT2D eigenvalue weighted by Crippen LogP contribution is 2.66. The highest BCUT2D eigenvalue weighted by Gasteiger charge is 2.61. The van der Waals surface area contributed by atoms with E-state index in [4.69, 9.17) is 4.74 Å². The molecule has 6 rings (SSSR count). The Labute approximate surface area is 197 Å². The summed E-state index contributed by atoms with van der Waals surface area (Å²) in [5.74, 6) is 0.682. The van der Waals surface area contributed by atoms with Crippen LogP contribution in [0.5, 0.6) is 0 Å². The molecule has 0 spiro atoms. The van der Waals surface area contributed by atoms with E-state index < -0.39 is 15.3 Å². The number of hydrogen-bond donors (Lipinski definition) is 0. The fourth-order valence-corrected chi connectivity index (χ4v) is 9.50. The lowest BCUT2D eigenvalue weighted by molar-refractivity contribution is -0.177. The van der Waals surface area contributed by atoms with Gasteiger partial charge in [-0.25, -0.2) is 8.42 Å². The molecule has 1 heterocycles. The van der Waals surface area contributed by atoms with Crippen LogP contribution in [0.3, 0.4) is 0 Å². The molecule has 5 fully saturated rings. The van der Waals surface area contributed by atoms with Crippen LogP contribution in [0.25, 0.3) is 0 Å². The van der Waals surface area contributed by atoms with Crippen molar-refractivity contribution in [3.8, 4) is 0 Å². The first-order chi connectivity index (χ1) is 15.6. The van der Waals surface area contributed by atoms with Gasteiger partial charge in [-0.15, -0.1) is 0 Å². The standard InChI is InChI=1S/C26H35NO5S/c1-3-27(22-8-9-33(30,31)16-22)23(28)15-32-24(29)26-13-19-10-20(14-26)12-25(11-19,17-26)21-6-4-18(2)5-7-21/h4-7,19-20,22H,3,8-17H2,1-2H3/t19-,20+,22-,25?,26?/m0/s1. The number of nitrogens with zero attached hydrogens (tertiary/aromatic N) is 1. The molecule has 180 valence electrons. The van der Waals surface area contributed by atoms with Gasteiger partial charge < -0.3 is 9.64 Å². The lowest BCUT2D eigenvalue weighted by atomic mass is 9.43. The predicted molar refractivity (Wildman–Crippen MR) is 125 cm³/mol. The number of carbonyl (C=O) groups excluding carboxylic acids is 2. The number of esters is 1. The van der Waals surface area contributed by atoms with Crippen molar-refractivity contribution in [2.75, 3.05) is 24.7 Å². The van der Waals surface area contributed by atoms with Gasteiger partial charge in [0.05, 0.1) is 16.9 Å². The first-order valence-corrected chi connectivity index (χ1v) is 14.2. The first-order valence-electron chi connectivity index (χ1n) is 12.4. The van der Waals surface area contributed by atoms with Gasteiger partial charge in [0, 0.05) is 12.6 Å². The van der Waals surface area contributed by atoms with Crippen LogP contribution in [-0.2, 0) is 29.6 Å². The molecule has 4 aliphatic carbocycles. The summed E-state index contributed by atoms with van der Waals surface area (Å²) < 4.78 is 29.4. The minimum absolute atomic E-state index is 0.00684. The minimum Gasteiger partial charge on any atom is -0.455 e. The summed E-state index contributed by atoms with van der Waals surface area (Å²) in [6.07, 6.45) is 6.47.